The minimum absolute atomic E-state index is 0.0301. The average molecular weight is 278 g/mol. The fourth-order valence-corrected chi connectivity index (χ4v) is 3.04. The van der Waals surface area contributed by atoms with E-state index in [1.165, 1.54) is 12.8 Å². The molecule has 2 nitrogen and oxygen atoms in total. The zero-order valence-electron chi connectivity index (χ0n) is 13.2. The Bertz CT molecular complexity index is 456. The SMILES string of the molecule is CNC(C)c1c(F)cccc1N1CCCC(C)(C)CC1. The van der Waals surface area contributed by atoms with Crippen LogP contribution in [0, 0.1) is 11.2 Å². The van der Waals surface area contributed by atoms with Gasteiger partial charge in [-0.2, -0.15) is 0 Å². The minimum atomic E-state index is -0.104. The van der Waals surface area contributed by atoms with Crippen LogP contribution < -0.4 is 10.2 Å². The van der Waals surface area contributed by atoms with Crippen molar-refractivity contribution in [3.8, 4) is 0 Å². The largest absolute Gasteiger partial charge is 0.371 e. The predicted molar refractivity (Wildman–Crippen MR) is 83.7 cm³/mol. The standard InChI is InChI=1S/C17H27FN2/c1-13(19-4)16-14(18)7-5-8-15(16)20-11-6-9-17(2,3)10-12-20/h5,7-8,13,19H,6,9-12H2,1-4H3. The highest BCUT2D eigenvalue weighted by Crippen LogP contribution is 2.35. The Morgan fingerprint density at radius 2 is 2.00 bits per heavy atom. The normalized spacial score (nSPS) is 20.6. The first-order valence-corrected chi connectivity index (χ1v) is 7.65. The monoisotopic (exact) mass is 278 g/mol. The van der Waals surface area contributed by atoms with E-state index in [2.05, 4.69) is 30.1 Å². The van der Waals surface area contributed by atoms with Crippen molar-refractivity contribution in [3.05, 3.63) is 29.6 Å². The van der Waals surface area contributed by atoms with Crippen molar-refractivity contribution in [2.75, 3.05) is 25.0 Å². The van der Waals surface area contributed by atoms with Crippen molar-refractivity contribution in [1.82, 2.24) is 5.32 Å². The lowest BCUT2D eigenvalue weighted by atomic mass is 9.85. The maximum atomic E-state index is 14.2. The molecule has 0 bridgehead atoms. The van der Waals surface area contributed by atoms with Crippen LogP contribution >= 0.6 is 0 Å². The Kier molecular flexibility index (Phi) is 4.69. The van der Waals surface area contributed by atoms with E-state index >= 15 is 0 Å². The molecule has 0 aromatic heterocycles. The Hall–Kier alpha value is -1.09. The molecule has 3 heteroatoms. The van der Waals surface area contributed by atoms with Gasteiger partial charge in [0.25, 0.3) is 0 Å². The van der Waals surface area contributed by atoms with E-state index in [1.54, 1.807) is 6.07 Å². The lowest BCUT2D eigenvalue weighted by Gasteiger charge is -2.28. The molecular formula is C17H27FN2. The lowest BCUT2D eigenvalue weighted by molar-refractivity contribution is 0.325. The van der Waals surface area contributed by atoms with Gasteiger partial charge in [-0.1, -0.05) is 19.9 Å². The first kappa shape index (κ1) is 15.3. The molecule has 1 saturated heterocycles. The molecule has 0 amide bonds. The van der Waals surface area contributed by atoms with Gasteiger partial charge in [0.15, 0.2) is 0 Å². The van der Waals surface area contributed by atoms with Crippen molar-refractivity contribution in [2.45, 2.75) is 46.1 Å². The van der Waals surface area contributed by atoms with Crippen molar-refractivity contribution in [3.63, 3.8) is 0 Å². The molecule has 0 aliphatic carbocycles. The summed E-state index contributed by atoms with van der Waals surface area (Å²) < 4.78 is 14.2. The fourth-order valence-electron chi connectivity index (χ4n) is 3.04. The van der Waals surface area contributed by atoms with Gasteiger partial charge < -0.3 is 10.2 Å². The molecule has 20 heavy (non-hydrogen) atoms. The smallest absolute Gasteiger partial charge is 0.130 e. The van der Waals surface area contributed by atoms with E-state index in [-0.39, 0.29) is 11.9 Å². The third kappa shape index (κ3) is 3.32. The first-order chi connectivity index (χ1) is 9.44. The van der Waals surface area contributed by atoms with Crippen LogP contribution in [0.3, 0.4) is 0 Å². The summed E-state index contributed by atoms with van der Waals surface area (Å²) in [6.07, 6.45) is 3.59. The molecule has 0 radical (unpaired) electrons. The molecule has 112 valence electrons. The summed E-state index contributed by atoms with van der Waals surface area (Å²) in [5, 5.41) is 3.17. The van der Waals surface area contributed by atoms with Crippen LogP contribution in [0.15, 0.2) is 18.2 Å². The van der Waals surface area contributed by atoms with Gasteiger partial charge >= 0.3 is 0 Å². The second-order valence-corrected chi connectivity index (χ2v) is 6.69. The summed E-state index contributed by atoms with van der Waals surface area (Å²) in [5.74, 6) is -0.104. The highest BCUT2D eigenvalue weighted by Gasteiger charge is 2.25. The van der Waals surface area contributed by atoms with E-state index in [4.69, 9.17) is 0 Å². The van der Waals surface area contributed by atoms with E-state index in [1.807, 2.05) is 20.0 Å². The van der Waals surface area contributed by atoms with Gasteiger partial charge in [-0.3, -0.25) is 0 Å². The second kappa shape index (κ2) is 6.13. The van der Waals surface area contributed by atoms with Gasteiger partial charge in [0, 0.05) is 30.4 Å². The summed E-state index contributed by atoms with van der Waals surface area (Å²) in [4.78, 5) is 2.36. The summed E-state index contributed by atoms with van der Waals surface area (Å²) in [6.45, 7) is 8.72. The molecule has 1 unspecified atom stereocenters. The Labute approximate surface area is 122 Å². The Morgan fingerprint density at radius 3 is 2.70 bits per heavy atom. The molecule has 1 aliphatic rings. The van der Waals surface area contributed by atoms with Crippen LogP contribution in [0.25, 0.3) is 0 Å². The molecular weight excluding hydrogens is 251 g/mol. The topological polar surface area (TPSA) is 15.3 Å². The third-order valence-corrected chi connectivity index (χ3v) is 4.58. The summed E-state index contributed by atoms with van der Waals surface area (Å²) in [5.41, 5.74) is 2.26. The maximum absolute atomic E-state index is 14.2. The average Bonchev–Trinajstić information content (AvgIpc) is 2.58. The first-order valence-electron chi connectivity index (χ1n) is 7.65. The third-order valence-electron chi connectivity index (χ3n) is 4.58. The molecule has 1 aromatic carbocycles. The van der Waals surface area contributed by atoms with Crippen molar-refractivity contribution < 1.29 is 4.39 Å². The van der Waals surface area contributed by atoms with Gasteiger partial charge in [-0.15, -0.1) is 0 Å². The fraction of sp³-hybridized carbons (Fsp3) is 0.647. The van der Waals surface area contributed by atoms with Crippen molar-refractivity contribution >= 4 is 5.69 Å². The van der Waals surface area contributed by atoms with Crippen LogP contribution in [-0.2, 0) is 0 Å². The minimum Gasteiger partial charge on any atom is -0.371 e. The number of rotatable bonds is 3. The molecule has 1 N–H and O–H groups in total. The van der Waals surface area contributed by atoms with E-state index in [0.717, 1.165) is 30.8 Å². The van der Waals surface area contributed by atoms with E-state index in [9.17, 15) is 4.39 Å². The van der Waals surface area contributed by atoms with Crippen molar-refractivity contribution in [2.24, 2.45) is 5.41 Å². The quantitative estimate of drug-likeness (QED) is 0.894. The zero-order valence-corrected chi connectivity index (χ0v) is 13.2. The van der Waals surface area contributed by atoms with Crippen LogP contribution in [0.4, 0.5) is 10.1 Å². The molecule has 0 spiro atoms. The molecule has 1 fully saturated rings. The number of anilines is 1. The van der Waals surface area contributed by atoms with Crippen LogP contribution in [0.2, 0.25) is 0 Å². The van der Waals surface area contributed by atoms with Crippen LogP contribution in [0.5, 0.6) is 0 Å². The number of nitrogens with one attached hydrogen (secondary N) is 1. The molecule has 1 atom stereocenters. The molecule has 0 saturated carbocycles. The predicted octanol–water partition coefficient (Wildman–Crippen LogP) is 4.12. The van der Waals surface area contributed by atoms with Gasteiger partial charge in [-0.05, 0) is 50.8 Å². The number of benzene rings is 1. The van der Waals surface area contributed by atoms with Crippen LogP contribution in [-0.4, -0.2) is 20.1 Å². The maximum Gasteiger partial charge on any atom is 0.130 e. The highest BCUT2D eigenvalue weighted by atomic mass is 19.1. The summed E-state index contributed by atoms with van der Waals surface area (Å²) in [6, 6.07) is 5.48. The molecule has 1 aromatic rings. The summed E-state index contributed by atoms with van der Waals surface area (Å²) in [7, 11) is 1.88. The second-order valence-electron chi connectivity index (χ2n) is 6.69. The van der Waals surface area contributed by atoms with Gasteiger partial charge in [-0.25, -0.2) is 4.39 Å². The van der Waals surface area contributed by atoms with Gasteiger partial charge in [0.1, 0.15) is 5.82 Å². The Morgan fingerprint density at radius 1 is 1.25 bits per heavy atom. The molecule has 2 rings (SSSR count). The Balaban J connectivity index is 2.30. The van der Waals surface area contributed by atoms with Crippen LogP contribution in [0.1, 0.15) is 51.6 Å². The number of hydrogen-bond donors (Lipinski definition) is 1. The number of nitrogens with zero attached hydrogens (tertiary/aromatic N) is 1. The molecule has 1 heterocycles. The van der Waals surface area contributed by atoms with Gasteiger partial charge in [0.2, 0.25) is 0 Å². The van der Waals surface area contributed by atoms with Crippen molar-refractivity contribution in [1.29, 1.82) is 0 Å². The number of hydrogen-bond acceptors (Lipinski definition) is 2. The van der Waals surface area contributed by atoms with E-state index < -0.39 is 0 Å². The van der Waals surface area contributed by atoms with E-state index in [0.29, 0.717) is 5.41 Å². The van der Waals surface area contributed by atoms with Gasteiger partial charge in [0.05, 0.1) is 0 Å². The summed E-state index contributed by atoms with van der Waals surface area (Å²) >= 11 is 0. The molecule has 1 aliphatic heterocycles. The lowest BCUT2D eigenvalue weighted by Crippen LogP contribution is -2.28. The zero-order chi connectivity index (χ0) is 14.8. The highest BCUT2D eigenvalue weighted by molar-refractivity contribution is 5.55. The number of halogens is 1.